The zero-order chi connectivity index (χ0) is 29.1. The molecule has 1 N–H and O–H groups in total. The second kappa shape index (κ2) is 11.0. The van der Waals surface area contributed by atoms with Gasteiger partial charge in [-0.05, 0) is 127 Å². The number of rotatable bonds is 8. The molecule has 0 aliphatic heterocycles. The molecular weight excluding hydrogens is 510 g/mol. The lowest BCUT2D eigenvalue weighted by Crippen LogP contribution is -2.52. The Hall–Kier alpha value is -2.22. The average molecular weight is 566 g/mol. The van der Waals surface area contributed by atoms with E-state index in [4.69, 9.17) is 4.74 Å². The summed E-state index contributed by atoms with van der Waals surface area (Å²) in [5.41, 5.74) is 6.71. The standard InChI is InChI=1S/C40H55NO/c1-26(2)10-9-11-27(3)33-17-18-34-31-15-16-36-38-30(20-22-40(36,5)35(31)21-23-39(33,34)4)32-24-29(14-19-37(32)41-38)42-25-28-12-7-6-8-13-28/h6-8,12-14,19,24,26-27,31,33-36,41H,9-11,15-18,20-23,25H2,1-5H3. The molecule has 2 aromatic carbocycles. The van der Waals surface area contributed by atoms with Gasteiger partial charge in [-0.1, -0.05) is 84.2 Å². The highest BCUT2D eigenvalue weighted by atomic mass is 16.5. The number of nitrogens with one attached hydrogen (secondary N) is 1. The second-order valence-electron chi connectivity index (χ2n) is 16.0. The van der Waals surface area contributed by atoms with E-state index < -0.39 is 0 Å². The minimum atomic E-state index is 0.436. The molecule has 4 aliphatic rings. The highest BCUT2D eigenvalue weighted by molar-refractivity contribution is 5.86. The molecule has 0 saturated heterocycles. The molecule has 3 aromatic rings. The number of ether oxygens (including phenoxy) is 1. The molecule has 226 valence electrons. The van der Waals surface area contributed by atoms with Gasteiger partial charge >= 0.3 is 0 Å². The maximum Gasteiger partial charge on any atom is 0.120 e. The molecule has 0 radical (unpaired) electrons. The summed E-state index contributed by atoms with van der Waals surface area (Å²) >= 11 is 0. The molecule has 8 unspecified atom stereocenters. The van der Waals surface area contributed by atoms with Crippen molar-refractivity contribution < 1.29 is 4.74 Å². The number of H-pyrrole nitrogens is 1. The quantitative estimate of drug-likeness (QED) is 0.289. The maximum atomic E-state index is 6.25. The van der Waals surface area contributed by atoms with Crippen LogP contribution in [-0.4, -0.2) is 4.98 Å². The van der Waals surface area contributed by atoms with Gasteiger partial charge in [0, 0.05) is 22.5 Å². The van der Waals surface area contributed by atoms with Crippen molar-refractivity contribution >= 4 is 10.9 Å². The minimum absolute atomic E-state index is 0.436. The highest BCUT2D eigenvalue weighted by Crippen LogP contribution is 2.69. The van der Waals surface area contributed by atoms with Crippen molar-refractivity contribution in [1.82, 2.24) is 4.98 Å². The Bertz CT molecular complexity index is 1390. The van der Waals surface area contributed by atoms with E-state index in [1.54, 1.807) is 11.3 Å². The van der Waals surface area contributed by atoms with Gasteiger partial charge in [-0.3, -0.25) is 0 Å². The fourth-order valence-corrected chi connectivity index (χ4v) is 11.4. The third kappa shape index (κ3) is 4.75. The molecule has 7 rings (SSSR count). The van der Waals surface area contributed by atoms with Crippen LogP contribution in [0, 0.1) is 46.3 Å². The van der Waals surface area contributed by atoms with Gasteiger partial charge in [-0.15, -0.1) is 0 Å². The van der Waals surface area contributed by atoms with Crippen molar-refractivity contribution in [2.45, 2.75) is 118 Å². The maximum absolute atomic E-state index is 6.25. The topological polar surface area (TPSA) is 25.0 Å². The van der Waals surface area contributed by atoms with Crippen LogP contribution < -0.4 is 4.74 Å². The summed E-state index contributed by atoms with van der Waals surface area (Å²) in [5.74, 6) is 7.17. The largest absolute Gasteiger partial charge is 0.489 e. The Labute approximate surface area is 255 Å². The van der Waals surface area contributed by atoms with Crippen LogP contribution in [0.2, 0.25) is 0 Å². The minimum Gasteiger partial charge on any atom is -0.489 e. The Morgan fingerprint density at radius 2 is 1.67 bits per heavy atom. The first-order valence-electron chi connectivity index (χ1n) is 17.6. The third-order valence-electron chi connectivity index (χ3n) is 13.5. The zero-order valence-electron chi connectivity index (χ0n) is 27.1. The van der Waals surface area contributed by atoms with E-state index in [0.717, 1.165) is 41.3 Å². The number of fused-ring (bicyclic) bond motifs is 9. The van der Waals surface area contributed by atoms with Crippen LogP contribution in [0.1, 0.15) is 122 Å². The first-order chi connectivity index (χ1) is 20.3. The molecule has 0 bridgehead atoms. The normalized spacial score (nSPS) is 34.5. The molecule has 2 heteroatoms. The predicted molar refractivity (Wildman–Crippen MR) is 176 cm³/mol. The van der Waals surface area contributed by atoms with Gasteiger partial charge in [0.05, 0.1) is 0 Å². The van der Waals surface area contributed by atoms with Gasteiger partial charge in [-0.2, -0.15) is 0 Å². The van der Waals surface area contributed by atoms with Crippen molar-refractivity contribution in [2.75, 3.05) is 0 Å². The molecule has 8 atom stereocenters. The summed E-state index contributed by atoms with van der Waals surface area (Å²) in [6.07, 6.45) is 15.6. The van der Waals surface area contributed by atoms with Gasteiger partial charge in [0.2, 0.25) is 0 Å². The number of aromatic amines is 1. The van der Waals surface area contributed by atoms with Crippen LogP contribution in [0.4, 0.5) is 0 Å². The predicted octanol–water partition coefficient (Wildman–Crippen LogP) is 11.1. The lowest BCUT2D eigenvalue weighted by molar-refractivity contribution is -0.0901. The van der Waals surface area contributed by atoms with E-state index in [2.05, 4.69) is 88.1 Å². The average Bonchev–Trinajstić information content (AvgIpc) is 3.53. The zero-order valence-corrected chi connectivity index (χ0v) is 27.1. The summed E-state index contributed by atoms with van der Waals surface area (Å²) in [6.45, 7) is 13.5. The Kier molecular flexibility index (Phi) is 7.51. The SMILES string of the molecule is CC(C)CCCC(C)C1CCC2C3CCC4c5[nH]c6ccc(OCc7ccccc7)cc6c5CCC4(C)C3CCC12C. The smallest absolute Gasteiger partial charge is 0.120 e. The van der Waals surface area contributed by atoms with Crippen molar-refractivity contribution in [2.24, 2.45) is 46.3 Å². The molecule has 3 saturated carbocycles. The number of benzene rings is 2. The van der Waals surface area contributed by atoms with Crippen LogP contribution in [0.15, 0.2) is 48.5 Å². The molecule has 2 nitrogen and oxygen atoms in total. The summed E-state index contributed by atoms with van der Waals surface area (Å²) < 4.78 is 6.25. The van der Waals surface area contributed by atoms with Crippen LogP contribution >= 0.6 is 0 Å². The van der Waals surface area contributed by atoms with Gasteiger partial charge in [0.15, 0.2) is 0 Å². The number of aromatic nitrogens is 1. The molecular formula is C40H55NO. The van der Waals surface area contributed by atoms with Gasteiger partial charge in [0.1, 0.15) is 12.4 Å². The van der Waals surface area contributed by atoms with E-state index in [1.165, 1.54) is 87.1 Å². The second-order valence-corrected chi connectivity index (χ2v) is 16.0. The fraction of sp³-hybridized carbons (Fsp3) is 0.650. The highest BCUT2D eigenvalue weighted by Gasteiger charge is 2.61. The summed E-state index contributed by atoms with van der Waals surface area (Å²) in [7, 11) is 0. The Balaban J connectivity index is 1.09. The van der Waals surface area contributed by atoms with E-state index in [-0.39, 0.29) is 0 Å². The first kappa shape index (κ1) is 28.5. The summed E-state index contributed by atoms with van der Waals surface area (Å²) in [6, 6.07) is 17.3. The van der Waals surface area contributed by atoms with Gasteiger partial charge in [-0.25, -0.2) is 0 Å². The monoisotopic (exact) mass is 565 g/mol. The van der Waals surface area contributed by atoms with Crippen LogP contribution in [0.5, 0.6) is 5.75 Å². The van der Waals surface area contributed by atoms with Crippen molar-refractivity contribution in [3.63, 3.8) is 0 Å². The van der Waals surface area contributed by atoms with Crippen LogP contribution in [-0.2, 0) is 13.0 Å². The molecule has 4 aliphatic carbocycles. The molecule has 3 fully saturated rings. The summed E-state index contributed by atoms with van der Waals surface area (Å²) in [5, 5.41) is 1.40. The summed E-state index contributed by atoms with van der Waals surface area (Å²) in [4.78, 5) is 3.98. The molecule has 1 aromatic heterocycles. The Morgan fingerprint density at radius 3 is 2.48 bits per heavy atom. The first-order valence-corrected chi connectivity index (χ1v) is 17.6. The number of aryl methyl sites for hydroxylation is 1. The molecule has 0 spiro atoms. The molecule has 42 heavy (non-hydrogen) atoms. The lowest BCUT2D eigenvalue weighted by atomic mass is 9.44. The van der Waals surface area contributed by atoms with Gasteiger partial charge in [0.25, 0.3) is 0 Å². The van der Waals surface area contributed by atoms with Crippen LogP contribution in [0.3, 0.4) is 0 Å². The molecule has 1 heterocycles. The fourth-order valence-electron chi connectivity index (χ4n) is 11.4. The van der Waals surface area contributed by atoms with E-state index in [1.807, 2.05) is 0 Å². The van der Waals surface area contributed by atoms with E-state index in [9.17, 15) is 0 Å². The molecule has 0 amide bonds. The van der Waals surface area contributed by atoms with Crippen molar-refractivity contribution in [1.29, 1.82) is 0 Å². The van der Waals surface area contributed by atoms with Crippen molar-refractivity contribution in [3.8, 4) is 5.75 Å². The number of hydrogen-bond donors (Lipinski definition) is 1. The van der Waals surface area contributed by atoms with E-state index in [0.29, 0.717) is 23.4 Å². The van der Waals surface area contributed by atoms with E-state index >= 15 is 0 Å². The number of hydrogen-bond acceptors (Lipinski definition) is 1. The Morgan fingerprint density at radius 1 is 0.857 bits per heavy atom. The lowest BCUT2D eigenvalue weighted by Gasteiger charge is -2.60. The van der Waals surface area contributed by atoms with Crippen molar-refractivity contribution in [3.05, 3.63) is 65.4 Å². The van der Waals surface area contributed by atoms with Crippen LogP contribution in [0.25, 0.3) is 10.9 Å². The third-order valence-corrected chi connectivity index (χ3v) is 13.5. The van der Waals surface area contributed by atoms with Gasteiger partial charge < -0.3 is 9.72 Å².